The van der Waals surface area contributed by atoms with Crippen molar-refractivity contribution in [3.63, 3.8) is 0 Å². The number of aryl methyl sites for hydroxylation is 1. The van der Waals surface area contributed by atoms with Crippen LogP contribution in [0.2, 0.25) is 0 Å². The average Bonchev–Trinajstić information content (AvgIpc) is 3.26. The second kappa shape index (κ2) is 7.50. The molecule has 124 valence electrons. The molecular weight excluding hydrogens is 302 g/mol. The summed E-state index contributed by atoms with van der Waals surface area (Å²) in [5.41, 5.74) is 3.17. The minimum atomic E-state index is 0.592. The molecule has 2 N–H and O–H groups in total. The third-order valence-electron chi connectivity index (χ3n) is 3.70. The van der Waals surface area contributed by atoms with E-state index in [2.05, 4.69) is 20.7 Å². The van der Waals surface area contributed by atoms with Gasteiger partial charge >= 0.3 is 0 Å². The summed E-state index contributed by atoms with van der Waals surface area (Å²) < 4.78 is 7.20. The van der Waals surface area contributed by atoms with Crippen molar-refractivity contribution in [3.05, 3.63) is 71.9 Å². The molecule has 0 atom stereocenters. The van der Waals surface area contributed by atoms with Crippen LogP contribution in [-0.2, 0) is 13.1 Å². The maximum Gasteiger partial charge on any atom is 0.191 e. The summed E-state index contributed by atoms with van der Waals surface area (Å²) in [6.45, 7) is 3.25. The van der Waals surface area contributed by atoms with Crippen molar-refractivity contribution < 1.29 is 4.42 Å². The van der Waals surface area contributed by atoms with Gasteiger partial charge < -0.3 is 15.1 Å². The molecule has 0 amide bonds. The van der Waals surface area contributed by atoms with Crippen LogP contribution in [0.3, 0.4) is 0 Å². The second-order valence-electron chi connectivity index (χ2n) is 5.38. The van der Waals surface area contributed by atoms with Crippen LogP contribution in [0.5, 0.6) is 0 Å². The van der Waals surface area contributed by atoms with Gasteiger partial charge in [0.2, 0.25) is 0 Å². The predicted molar refractivity (Wildman–Crippen MR) is 94.0 cm³/mol. The number of furan rings is 1. The molecule has 2 aromatic heterocycles. The Balaban J connectivity index is 1.60. The van der Waals surface area contributed by atoms with E-state index in [1.807, 2.05) is 60.3 Å². The molecule has 6 heteroatoms. The molecule has 1 aromatic carbocycles. The minimum absolute atomic E-state index is 0.592. The van der Waals surface area contributed by atoms with Gasteiger partial charge in [-0.2, -0.15) is 5.10 Å². The first-order valence-corrected chi connectivity index (χ1v) is 7.83. The van der Waals surface area contributed by atoms with Gasteiger partial charge in [-0.05, 0) is 31.2 Å². The lowest BCUT2D eigenvalue weighted by Gasteiger charge is -2.10. The predicted octanol–water partition coefficient (Wildman–Crippen LogP) is 2.64. The SMILES string of the molecule is CN=C(NCc1ccco1)NCc1cn(-c2ccccc2)nc1C. The molecule has 0 aliphatic rings. The van der Waals surface area contributed by atoms with Gasteiger partial charge in [-0.1, -0.05) is 18.2 Å². The topological polar surface area (TPSA) is 67.4 Å². The Labute approximate surface area is 141 Å². The normalized spacial score (nSPS) is 11.5. The number of benzene rings is 1. The van der Waals surface area contributed by atoms with Crippen molar-refractivity contribution in [2.24, 2.45) is 4.99 Å². The quantitative estimate of drug-likeness (QED) is 0.559. The van der Waals surface area contributed by atoms with Crippen molar-refractivity contribution in [2.75, 3.05) is 7.05 Å². The van der Waals surface area contributed by atoms with E-state index in [4.69, 9.17) is 4.42 Å². The van der Waals surface area contributed by atoms with Crippen LogP contribution in [0.25, 0.3) is 5.69 Å². The van der Waals surface area contributed by atoms with Crippen molar-refractivity contribution in [3.8, 4) is 5.69 Å². The number of rotatable bonds is 5. The number of para-hydroxylation sites is 1. The maximum absolute atomic E-state index is 5.30. The van der Waals surface area contributed by atoms with Gasteiger partial charge in [0.1, 0.15) is 5.76 Å². The Morgan fingerprint density at radius 2 is 1.92 bits per heavy atom. The van der Waals surface area contributed by atoms with Crippen molar-refractivity contribution in [1.29, 1.82) is 0 Å². The third-order valence-corrected chi connectivity index (χ3v) is 3.70. The highest BCUT2D eigenvalue weighted by Crippen LogP contribution is 2.11. The lowest BCUT2D eigenvalue weighted by Crippen LogP contribution is -2.36. The van der Waals surface area contributed by atoms with Crippen molar-refractivity contribution in [2.45, 2.75) is 20.0 Å². The number of aromatic nitrogens is 2. The number of nitrogens with one attached hydrogen (secondary N) is 2. The molecular formula is C18H21N5O. The lowest BCUT2D eigenvalue weighted by molar-refractivity contribution is 0.501. The molecule has 0 fully saturated rings. The van der Waals surface area contributed by atoms with Crippen LogP contribution in [0.4, 0.5) is 0 Å². The summed E-state index contributed by atoms with van der Waals surface area (Å²) in [6, 6.07) is 13.9. The van der Waals surface area contributed by atoms with Gasteiger partial charge in [0.15, 0.2) is 5.96 Å². The molecule has 0 radical (unpaired) electrons. The molecule has 0 aliphatic carbocycles. The largest absolute Gasteiger partial charge is 0.467 e. The van der Waals surface area contributed by atoms with Gasteiger partial charge in [0, 0.05) is 25.4 Å². The number of aliphatic imine (C=N–C) groups is 1. The Morgan fingerprint density at radius 1 is 1.12 bits per heavy atom. The van der Waals surface area contributed by atoms with Crippen LogP contribution in [0.1, 0.15) is 17.0 Å². The van der Waals surface area contributed by atoms with Gasteiger partial charge in [0.05, 0.1) is 24.2 Å². The second-order valence-corrected chi connectivity index (χ2v) is 5.38. The summed E-state index contributed by atoms with van der Waals surface area (Å²) in [6.07, 6.45) is 3.70. The van der Waals surface area contributed by atoms with Gasteiger partial charge in [0.25, 0.3) is 0 Å². The van der Waals surface area contributed by atoms with Crippen LogP contribution in [-0.4, -0.2) is 22.8 Å². The summed E-state index contributed by atoms with van der Waals surface area (Å²) >= 11 is 0. The number of guanidine groups is 1. The number of hydrogen-bond donors (Lipinski definition) is 2. The lowest BCUT2D eigenvalue weighted by atomic mass is 10.2. The molecule has 0 saturated carbocycles. The van der Waals surface area contributed by atoms with E-state index in [0.29, 0.717) is 13.1 Å². The zero-order valence-corrected chi connectivity index (χ0v) is 13.9. The Kier molecular flexibility index (Phi) is 4.96. The van der Waals surface area contributed by atoms with Gasteiger partial charge in [-0.25, -0.2) is 4.68 Å². The van der Waals surface area contributed by atoms with E-state index in [1.54, 1.807) is 13.3 Å². The maximum atomic E-state index is 5.30. The summed E-state index contributed by atoms with van der Waals surface area (Å²) in [7, 11) is 1.75. The number of nitrogens with zero attached hydrogens (tertiary/aromatic N) is 3. The first kappa shape index (κ1) is 15.9. The summed E-state index contributed by atoms with van der Waals surface area (Å²) in [4.78, 5) is 4.22. The average molecular weight is 323 g/mol. The zero-order valence-electron chi connectivity index (χ0n) is 13.9. The van der Waals surface area contributed by atoms with Gasteiger partial charge in [-0.15, -0.1) is 0 Å². The molecule has 0 bridgehead atoms. The molecule has 0 saturated heterocycles. The zero-order chi connectivity index (χ0) is 16.8. The van der Waals surface area contributed by atoms with E-state index in [-0.39, 0.29) is 0 Å². The van der Waals surface area contributed by atoms with E-state index in [9.17, 15) is 0 Å². The smallest absolute Gasteiger partial charge is 0.191 e. The fraction of sp³-hybridized carbons (Fsp3) is 0.222. The Bertz CT molecular complexity index is 790. The van der Waals surface area contributed by atoms with E-state index >= 15 is 0 Å². The van der Waals surface area contributed by atoms with E-state index < -0.39 is 0 Å². The third kappa shape index (κ3) is 3.84. The van der Waals surface area contributed by atoms with Crippen LogP contribution in [0.15, 0.2) is 64.3 Å². The molecule has 6 nitrogen and oxygen atoms in total. The molecule has 3 rings (SSSR count). The molecule has 2 heterocycles. The molecule has 0 aliphatic heterocycles. The first-order chi connectivity index (χ1) is 11.8. The standard InChI is InChI=1S/C18H21N5O/c1-14-15(13-23(22-14)16-7-4-3-5-8-16)11-20-18(19-2)21-12-17-9-6-10-24-17/h3-10,13H,11-12H2,1-2H3,(H2,19,20,21). The molecule has 3 aromatic rings. The minimum Gasteiger partial charge on any atom is -0.467 e. The molecule has 0 unspecified atom stereocenters. The Morgan fingerprint density at radius 3 is 2.62 bits per heavy atom. The highest BCUT2D eigenvalue weighted by atomic mass is 16.3. The fourth-order valence-electron chi connectivity index (χ4n) is 2.37. The van der Waals surface area contributed by atoms with E-state index in [0.717, 1.165) is 28.7 Å². The number of hydrogen-bond acceptors (Lipinski definition) is 3. The highest BCUT2D eigenvalue weighted by molar-refractivity contribution is 5.79. The first-order valence-electron chi connectivity index (χ1n) is 7.83. The molecule has 24 heavy (non-hydrogen) atoms. The van der Waals surface area contributed by atoms with Crippen molar-refractivity contribution >= 4 is 5.96 Å². The summed E-state index contributed by atoms with van der Waals surface area (Å²) in [5.74, 6) is 1.59. The summed E-state index contributed by atoms with van der Waals surface area (Å²) in [5, 5.41) is 11.1. The fourth-order valence-corrected chi connectivity index (χ4v) is 2.37. The van der Waals surface area contributed by atoms with Gasteiger partial charge in [-0.3, -0.25) is 4.99 Å². The molecule has 0 spiro atoms. The van der Waals surface area contributed by atoms with Crippen LogP contribution < -0.4 is 10.6 Å². The van der Waals surface area contributed by atoms with E-state index in [1.165, 1.54) is 0 Å². The van der Waals surface area contributed by atoms with Crippen LogP contribution in [0, 0.1) is 6.92 Å². The van der Waals surface area contributed by atoms with Crippen molar-refractivity contribution in [1.82, 2.24) is 20.4 Å². The Hall–Kier alpha value is -3.02. The van der Waals surface area contributed by atoms with Crippen LogP contribution >= 0.6 is 0 Å². The highest BCUT2D eigenvalue weighted by Gasteiger charge is 2.07. The monoisotopic (exact) mass is 323 g/mol.